The number of hydrogen-bond acceptors (Lipinski definition) is 6. The molecule has 0 amide bonds. The van der Waals surface area contributed by atoms with E-state index in [1.165, 1.54) is 18.2 Å². The van der Waals surface area contributed by atoms with Crippen LogP contribution in [-0.2, 0) is 16.0 Å². The van der Waals surface area contributed by atoms with E-state index in [-0.39, 0.29) is 24.2 Å². The van der Waals surface area contributed by atoms with Crippen LogP contribution in [0, 0.1) is 5.92 Å². The van der Waals surface area contributed by atoms with Crippen LogP contribution in [0.3, 0.4) is 0 Å². The van der Waals surface area contributed by atoms with E-state index in [2.05, 4.69) is 0 Å². The lowest BCUT2D eigenvalue weighted by Gasteiger charge is -2.15. The quantitative estimate of drug-likeness (QED) is 0.572. The van der Waals surface area contributed by atoms with Gasteiger partial charge in [-0.05, 0) is 24.1 Å². The number of ketones is 2. The highest BCUT2D eigenvalue weighted by atomic mass is 16.3. The minimum atomic E-state index is -0.803. The average Bonchev–Trinajstić information content (AvgIpc) is 2.46. The fraction of sp³-hybridized carbons (Fsp3) is 0.357. The van der Waals surface area contributed by atoms with Crippen molar-refractivity contribution in [3.05, 3.63) is 29.3 Å². The predicted octanol–water partition coefficient (Wildman–Crippen LogP) is -0.124. The third-order valence-electron chi connectivity index (χ3n) is 2.98. The molecule has 1 atom stereocenters. The SMILES string of the molecule is O=Cc1cc(O)ccc1C[C@@H](CC(=O)CO)C(=O)CO. The van der Waals surface area contributed by atoms with Gasteiger partial charge in [-0.3, -0.25) is 14.4 Å². The van der Waals surface area contributed by atoms with Crippen molar-refractivity contribution < 1.29 is 29.7 Å². The van der Waals surface area contributed by atoms with Gasteiger partial charge in [0, 0.05) is 17.9 Å². The Morgan fingerprint density at radius 1 is 1.20 bits per heavy atom. The highest BCUT2D eigenvalue weighted by molar-refractivity contribution is 5.89. The molecule has 0 aliphatic heterocycles. The minimum Gasteiger partial charge on any atom is -0.508 e. The van der Waals surface area contributed by atoms with Crippen molar-refractivity contribution in [1.29, 1.82) is 0 Å². The van der Waals surface area contributed by atoms with E-state index < -0.39 is 30.7 Å². The van der Waals surface area contributed by atoms with Crippen LogP contribution in [0.15, 0.2) is 18.2 Å². The number of Topliss-reactive ketones (excluding diaryl/α,β-unsaturated/α-hetero) is 2. The standard InChI is InChI=1S/C14H16O6/c15-6-11-5-12(18)2-1-9(11)3-10(14(20)8-17)4-13(19)7-16/h1-2,5-6,10,16-18H,3-4,7-8H2/t10-/m0/s1. The van der Waals surface area contributed by atoms with Gasteiger partial charge < -0.3 is 15.3 Å². The summed E-state index contributed by atoms with van der Waals surface area (Å²) in [6.07, 6.45) is 0.429. The Balaban J connectivity index is 2.97. The minimum absolute atomic E-state index is 0.0766. The molecule has 0 fully saturated rings. The molecule has 0 saturated heterocycles. The summed E-state index contributed by atoms with van der Waals surface area (Å²) in [7, 11) is 0. The highest BCUT2D eigenvalue weighted by Gasteiger charge is 2.22. The average molecular weight is 280 g/mol. The Morgan fingerprint density at radius 2 is 1.90 bits per heavy atom. The van der Waals surface area contributed by atoms with E-state index in [4.69, 9.17) is 10.2 Å². The third kappa shape index (κ3) is 4.25. The van der Waals surface area contributed by atoms with Gasteiger partial charge in [0.2, 0.25) is 0 Å². The van der Waals surface area contributed by atoms with Crippen molar-refractivity contribution in [2.45, 2.75) is 12.8 Å². The summed E-state index contributed by atoms with van der Waals surface area (Å²) >= 11 is 0. The number of benzene rings is 1. The van der Waals surface area contributed by atoms with E-state index >= 15 is 0 Å². The summed E-state index contributed by atoms with van der Waals surface area (Å²) in [5.41, 5.74) is 0.715. The number of phenols is 1. The largest absolute Gasteiger partial charge is 0.508 e. The van der Waals surface area contributed by atoms with Crippen molar-refractivity contribution in [3.63, 3.8) is 0 Å². The molecule has 0 aliphatic carbocycles. The Morgan fingerprint density at radius 3 is 2.45 bits per heavy atom. The molecule has 1 aromatic carbocycles. The number of aldehydes is 1. The first kappa shape index (κ1) is 16.0. The van der Waals surface area contributed by atoms with Gasteiger partial charge in [-0.1, -0.05) is 6.07 Å². The summed E-state index contributed by atoms with van der Waals surface area (Å²) in [6, 6.07) is 4.12. The molecular weight excluding hydrogens is 264 g/mol. The number of phenolic OH excluding ortho intramolecular Hbond substituents is 1. The van der Waals surface area contributed by atoms with Crippen LogP contribution in [0.1, 0.15) is 22.3 Å². The molecule has 0 unspecified atom stereocenters. The number of carbonyl (C=O) groups excluding carboxylic acids is 3. The van der Waals surface area contributed by atoms with Crippen molar-refractivity contribution >= 4 is 17.9 Å². The van der Waals surface area contributed by atoms with E-state index in [9.17, 15) is 19.5 Å². The smallest absolute Gasteiger partial charge is 0.162 e. The lowest BCUT2D eigenvalue weighted by molar-refractivity contribution is -0.130. The van der Waals surface area contributed by atoms with Crippen LogP contribution in [-0.4, -0.2) is 46.4 Å². The Labute approximate surface area is 115 Å². The summed E-state index contributed by atoms with van der Waals surface area (Å²) in [5.74, 6) is -1.92. The van der Waals surface area contributed by atoms with Gasteiger partial charge in [0.25, 0.3) is 0 Å². The molecule has 6 heteroatoms. The fourth-order valence-electron chi connectivity index (χ4n) is 1.91. The van der Waals surface area contributed by atoms with Gasteiger partial charge in [-0.15, -0.1) is 0 Å². The second-order valence-electron chi connectivity index (χ2n) is 4.43. The number of rotatable bonds is 8. The molecular formula is C14H16O6. The van der Waals surface area contributed by atoms with Crippen LogP contribution in [0.5, 0.6) is 5.75 Å². The molecule has 0 bridgehead atoms. The third-order valence-corrected chi connectivity index (χ3v) is 2.98. The van der Waals surface area contributed by atoms with Crippen molar-refractivity contribution in [2.75, 3.05) is 13.2 Å². The zero-order valence-corrected chi connectivity index (χ0v) is 10.8. The molecule has 0 aromatic heterocycles. The van der Waals surface area contributed by atoms with E-state index in [0.717, 1.165) is 0 Å². The molecule has 1 aromatic rings. The molecule has 20 heavy (non-hydrogen) atoms. The molecule has 0 saturated carbocycles. The Bertz CT molecular complexity index is 508. The second-order valence-corrected chi connectivity index (χ2v) is 4.43. The summed E-state index contributed by atoms with van der Waals surface area (Å²) in [4.78, 5) is 33.8. The predicted molar refractivity (Wildman–Crippen MR) is 69.5 cm³/mol. The second kappa shape index (κ2) is 7.52. The van der Waals surface area contributed by atoms with Gasteiger partial charge in [0.05, 0.1) is 0 Å². The van der Waals surface area contributed by atoms with Gasteiger partial charge in [-0.25, -0.2) is 0 Å². The highest BCUT2D eigenvalue weighted by Crippen LogP contribution is 2.20. The molecule has 6 nitrogen and oxygen atoms in total. The number of hydrogen-bond donors (Lipinski definition) is 3. The van der Waals surface area contributed by atoms with E-state index in [1.54, 1.807) is 0 Å². The molecule has 108 valence electrons. The first-order valence-corrected chi connectivity index (χ1v) is 6.05. The lowest BCUT2D eigenvalue weighted by Crippen LogP contribution is -2.25. The van der Waals surface area contributed by atoms with E-state index in [0.29, 0.717) is 11.8 Å². The van der Waals surface area contributed by atoms with Crippen LogP contribution in [0.25, 0.3) is 0 Å². The monoisotopic (exact) mass is 280 g/mol. The van der Waals surface area contributed by atoms with Gasteiger partial charge in [0.1, 0.15) is 25.2 Å². The van der Waals surface area contributed by atoms with Crippen molar-refractivity contribution in [3.8, 4) is 5.75 Å². The topological polar surface area (TPSA) is 112 Å². The molecule has 0 heterocycles. The van der Waals surface area contributed by atoms with Crippen LogP contribution in [0.4, 0.5) is 0 Å². The molecule has 0 radical (unpaired) electrons. The molecule has 0 spiro atoms. The van der Waals surface area contributed by atoms with Crippen molar-refractivity contribution in [1.82, 2.24) is 0 Å². The summed E-state index contributed by atoms with van der Waals surface area (Å²) in [6.45, 7) is -1.39. The van der Waals surface area contributed by atoms with Gasteiger partial charge >= 0.3 is 0 Å². The fourth-order valence-corrected chi connectivity index (χ4v) is 1.91. The number of carbonyl (C=O) groups is 3. The zero-order valence-electron chi connectivity index (χ0n) is 10.8. The van der Waals surface area contributed by atoms with Crippen LogP contribution >= 0.6 is 0 Å². The maximum Gasteiger partial charge on any atom is 0.162 e. The molecule has 0 aliphatic rings. The zero-order chi connectivity index (χ0) is 15.1. The first-order valence-electron chi connectivity index (χ1n) is 6.05. The number of aromatic hydroxyl groups is 1. The first-order chi connectivity index (χ1) is 9.51. The van der Waals surface area contributed by atoms with E-state index in [1.807, 2.05) is 0 Å². The normalized spacial score (nSPS) is 11.9. The van der Waals surface area contributed by atoms with Crippen LogP contribution in [0.2, 0.25) is 0 Å². The number of aliphatic hydroxyl groups is 2. The maximum atomic E-state index is 11.6. The van der Waals surface area contributed by atoms with Gasteiger partial charge in [0.15, 0.2) is 11.6 Å². The summed E-state index contributed by atoms with van der Waals surface area (Å²) in [5, 5.41) is 26.9. The van der Waals surface area contributed by atoms with Crippen molar-refractivity contribution in [2.24, 2.45) is 5.92 Å². The maximum absolute atomic E-state index is 11.6. The Hall–Kier alpha value is -2.05. The number of aliphatic hydroxyl groups excluding tert-OH is 2. The van der Waals surface area contributed by atoms with Crippen LogP contribution < -0.4 is 0 Å². The lowest BCUT2D eigenvalue weighted by atomic mass is 9.89. The molecule has 3 N–H and O–H groups in total. The Kier molecular flexibility index (Phi) is 6.02. The molecule has 1 rings (SSSR count). The van der Waals surface area contributed by atoms with Gasteiger partial charge in [-0.2, -0.15) is 0 Å². The summed E-state index contributed by atoms with van der Waals surface area (Å²) < 4.78 is 0.